The molecule has 7 heteroatoms. The average Bonchev–Trinajstić information content (AvgIpc) is 2.91. The number of imidazole rings is 1. The fraction of sp³-hybridized carbons (Fsp3) is 0.200. The van der Waals surface area contributed by atoms with Gasteiger partial charge in [-0.05, 0) is 18.2 Å². The lowest BCUT2D eigenvalue weighted by Crippen LogP contribution is -2.30. The molecule has 0 unspecified atom stereocenters. The highest BCUT2D eigenvalue weighted by Gasteiger charge is 2.16. The number of para-hydroxylation sites is 2. The number of hydrogen-bond donors (Lipinski definition) is 1. The van der Waals surface area contributed by atoms with Gasteiger partial charge in [-0.15, -0.1) is 0 Å². The van der Waals surface area contributed by atoms with Gasteiger partial charge in [0, 0.05) is 20.2 Å². The van der Waals surface area contributed by atoms with Gasteiger partial charge in [-0.3, -0.25) is 9.59 Å². The average molecular weight is 297 g/mol. The molecule has 1 aromatic carbocycles. The molecular weight excluding hydrogens is 282 g/mol. The molecule has 0 saturated heterocycles. The van der Waals surface area contributed by atoms with Gasteiger partial charge in [0.1, 0.15) is 11.5 Å². The lowest BCUT2D eigenvalue weighted by atomic mass is 10.3. The first-order valence-electron chi connectivity index (χ1n) is 6.78. The summed E-state index contributed by atoms with van der Waals surface area (Å²) in [5, 5.41) is 3.96. The highest BCUT2D eigenvalue weighted by Crippen LogP contribution is 2.12. The maximum atomic E-state index is 12.3. The number of carbonyl (C=O) groups excluding carboxylic acids is 1. The molecule has 112 valence electrons. The Balaban J connectivity index is 1.80. The second kappa shape index (κ2) is 5.44. The molecular formula is C15H15N5O2. The molecule has 1 amide bonds. The van der Waals surface area contributed by atoms with Gasteiger partial charge in [-0.1, -0.05) is 12.1 Å². The van der Waals surface area contributed by atoms with Gasteiger partial charge in [0.15, 0.2) is 0 Å². The summed E-state index contributed by atoms with van der Waals surface area (Å²) < 4.78 is 1.14. The fourth-order valence-electron chi connectivity index (χ4n) is 2.19. The Morgan fingerprint density at radius 3 is 2.77 bits per heavy atom. The van der Waals surface area contributed by atoms with E-state index in [4.69, 9.17) is 0 Å². The molecule has 0 bridgehead atoms. The van der Waals surface area contributed by atoms with E-state index >= 15 is 0 Å². The van der Waals surface area contributed by atoms with Crippen molar-refractivity contribution in [3.8, 4) is 0 Å². The molecule has 0 aliphatic carbocycles. The smallest absolute Gasteiger partial charge is 0.274 e. The van der Waals surface area contributed by atoms with Crippen LogP contribution in [0.3, 0.4) is 0 Å². The Hall–Kier alpha value is -2.96. The maximum absolute atomic E-state index is 12.3. The van der Waals surface area contributed by atoms with Gasteiger partial charge in [0.2, 0.25) is 0 Å². The predicted octanol–water partition coefficient (Wildman–Crippen LogP) is 0.929. The van der Waals surface area contributed by atoms with Crippen LogP contribution in [0, 0.1) is 0 Å². The third-order valence-corrected chi connectivity index (χ3v) is 3.35. The SMILES string of the molecule is CN(Cc1nc2ccccc2[nH]1)C(=O)c1ccc(=O)n(C)n1. The molecule has 0 saturated carbocycles. The van der Waals surface area contributed by atoms with Gasteiger partial charge in [-0.2, -0.15) is 5.10 Å². The van der Waals surface area contributed by atoms with Crippen LogP contribution in [0.4, 0.5) is 0 Å². The Kier molecular flexibility index (Phi) is 3.46. The maximum Gasteiger partial charge on any atom is 0.274 e. The monoisotopic (exact) mass is 297 g/mol. The number of rotatable bonds is 3. The number of benzene rings is 1. The first-order chi connectivity index (χ1) is 10.5. The number of nitrogens with zero attached hydrogens (tertiary/aromatic N) is 4. The number of hydrogen-bond acceptors (Lipinski definition) is 4. The summed E-state index contributed by atoms with van der Waals surface area (Å²) in [4.78, 5) is 32.8. The van der Waals surface area contributed by atoms with Crippen molar-refractivity contribution < 1.29 is 4.79 Å². The first kappa shape index (κ1) is 14.0. The molecule has 0 atom stereocenters. The van der Waals surface area contributed by atoms with Gasteiger partial charge in [0.25, 0.3) is 11.5 Å². The Labute approximate surface area is 126 Å². The van der Waals surface area contributed by atoms with Crippen LogP contribution in [-0.4, -0.2) is 37.6 Å². The third-order valence-electron chi connectivity index (χ3n) is 3.35. The summed E-state index contributed by atoms with van der Waals surface area (Å²) in [6, 6.07) is 10.4. The summed E-state index contributed by atoms with van der Waals surface area (Å²) in [5.41, 5.74) is 1.76. The largest absolute Gasteiger partial charge is 0.340 e. The molecule has 2 heterocycles. The van der Waals surface area contributed by atoms with E-state index in [2.05, 4.69) is 15.1 Å². The summed E-state index contributed by atoms with van der Waals surface area (Å²) in [5.74, 6) is 0.429. The van der Waals surface area contributed by atoms with Gasteiger partial charge in [-0.25, -0.2) is 9.67 Å². The minimum atomic E-state index is -0.268. The van der Waals surface area contributed by atoms with E-state index in [1.165, 1.54) is 24.1 Å². The van der Waals surface area contributed by atoms with E-state index in [1.807, 2.05) is 24.3 Å². The van der Waals surface area contributed by atoms with Gasteiger partial charge in [0.05, 0.1) is 17.6 Å². The number of aryl methyl sites for hydroxylation is 1. The Bertz CT molecular complexity index is 863. The van der Waals surface area contributed by atoms with Crippen LogP contribution < -0.4 is 5.56 Å². The van der Waals surface area contributed by atoms with Gasteiger partial charge >= 0.3 is 0 Å². The number of amides is 1. The highest BCUT2D eigenvalue weighted by molar-refractivity contribution is 5.91. The number of fused-ring (bicyclic) bond motifs is 1. The lowest BCUT2D eigenvalue weighted by Gasteiger charge is -2.15. The van der Waals surface area contributed by atoms with Crippen LogP contribution in [-0.2, 0) is 13.6 Å². The predicted molar refractivity (Wildman–Crippen MR) is 81.4 cm³/mol. The molecule has 7 nitrogen and oxygen atoms in total. The Morgan fingerprint density at radius 1 is 1.27 bits per heavy atom. The van der Waals surface area contributed by atoms with E-state index in [1.54, 1.807) is 7.05 Å². The first-order valence-corrected chi connectivity index (χ1v) is 6.78. The minimum Gasteiger partial charge on any atom is -0.340 e. The number of carbonyl (C=O) groups is 1. The number of nitrogens with one attached hydrogen (secondary N) is 1. The lowest BCUT2D eigenvalue weighted by molar-refractivity contribution is 0.0773. The quantitative estimate of drug-likeness (QED) is 0.779. The van der Waals surface area contributed by atoms with Crippen molar-refractivity contribution in [2.45, 2.75) is 6.54 Å². The summed E-state index contributed by atoms with van der Waals surface area (Å²) >= 11 is 0. The zero-order valence-electron chi connectivity index (χ0n) is 12.3. The molecule has 0 spiro atoms. The van der Waals surface area contributed by atoms with Crippen LogP contribution in [0.25, 0.3) is 11.0 Å². The van der Waals surface area contributed by atoms with E-state index in [0.29, 0.717) is 12.4 Å². The molecule has 3 rings (SSSR count). The van der Waals surface area contributed by atoms with Crippen LogP contribution in [0.15, 0.2) is 41.2 Å². The van der Waals surface area contributed by atoms with Crippen LogP contribution >= 0.6 is 0 Å². The number of aromatic nitrogens is 4. The molecule has 1 N–H and O–H groups in total. The molecule has 2 aromatic heterocycles. The highest BCUT2D eigenvalue weighted by atomic mass is 16.2. The zero-order chi connectivity index (χ0) is 15.7. The Morgan fingerprint density at radius 2 is 2.05 bits per heavy atom. The van der Waals surface area contributed by atoms with Crippen molar-refractivity contribution in [3.05, 3.63) is 58.3 Å². The van der Waals surface area contributed by atoms with Crippen molar-refractivity contribution in [2.24, 2.45) is 7.05 Å². The third kappa shape index (κ3) is 2.60. The molecule has 0 aliphatic heterocycles. The second-order valence-corrected chi connectivity index (χ2v) is 5.04. The minimum absolute atomic E-state index is 0.223. The summed E-state index contributed by atoms with van der Waals surface area (Å²) in [7, 11) is 3.18. The standard InChI is InChI=1S/C15H15N5O2/c1-19(15(22)12-7-8-14(21)20(2)18-12)9-13-16-10-5-3-4-6-11(10)17-13/h3-8H,9H2,1-2H3,(H,16,17). The summed E-state index contributed by atoms with van der Waals surface area (Å²) in [6.45, 7) is 0.331. The number of aromatic amines is 1. The molecule has 3 aromatic rings. The summed E-state index contributed by atoms with van der Waals surface area (Å²) in [6.07, 6.45) is 0. The topological polar surface area (TPSA) is 83.9 Å². The van der Waals surface area contributed by atoms with Crippen LogP contribution in [0.1, 0.15) is 16.3 Å². The normalized spacial score (nSPS) is 10.8. The molecule has 0 fully saturated rings. The molecule has 0 aliphatic rings. The molecule has 0 radical (unpaired) electrons. The van der Waals surface area contributed by atoms with E-state index < -0.39 is 0 Å². The van der Waals surface area contributed by atoms with Crippen molar-refractivity contribution in [1.82, 2.24) is 24.6 Å². The van der Waals surface area contributed by atoms with E-state index in [-0.39, 0.29) is 17.2 Å². The number of H-pyrrole nitrogens is 1. The van der Waals surface area contributed by atoms with Crippen molar-refractivity contribution >= 4 is 16.9 Å². The van der Waals surface area contributed by atoms with Crippen molar-refractivity contribution in [3.63, 3.8) is 0 Å². The van der Waals surface area contributed by atoms with Crippen LogP contribution in [0.5, 0.6) is 0 Å². The second-order valence-electron chi connectivity index (χ2n) is 5.04. The van der Waals surface area contributed by atoms with Crippen LogP contribution in [0.2, 0.25) is 0 Å². The van der Waals surface area contributed by atoms with E-state index in [0.717, 1.165) is 15.7 Å². The fourth-order valence-corrected chi connectivity index (χ4v) is 2.19. The van der Waals surface area contributed by atoms with E-state index in [9.17, 15) is 9.59 Å². The van der Waals surface area contributed by atoms with Gasteiger partial charge < -0.3 is 9.88 Å². The molecule has 22 heavy (non-hydrogen) atoms. The van der Waals surface area contributed by atoms with Crippen molar-refractivity contribution in [1.29, 1.82) is 0 Å². The van der Waals surface area contributed by atoms with Crippen molar-refractivity contribution in [2.75, 3.05) is 7.05 Å². The zero-order valence-corrected chi connectivity index (χ0v) is 12.3.